The molecule has 3 unspecified atom stereocenters. The van der Waals surface area contributed by atoms with E-state index in [1.54, 1.807) is 19.3 Å². The lowest BCUT2D eigenvalue weighted by Gasteiger charge is -2.13. The lowest BCUT2D eigenvalue weighted by atomic mass is 9.93. The molecule has 2 fully saturated rings. The molecule has 76 valence electrons. The van der Waals surface area contributed by atoms with Crippen LogP contribution in [0.25, 0.3) is 0 Å². The van der Waals surface area contributed by atoms with E-state index in [9.17, 15) is 0 Å². The molecule has 2 rings (SSSR count). The molecule has 0 heteroatoms. The topological polar surface area (TPSA) is 0 Å². The van der Waals surface area contributed by atoms with Crippen molar-refractivity contribution >= 4 is 0 Å². The minimum absolute atomic E-state index is 0.869. The van der Waals surface area contributed by atoms with E-state index in [-0.39, 0.29) is 0 Å². The Balaban J connectivity index is 1.82. The molecule has 0 aromatic carbocycles. The molecule has 2 aliphatic rings. The van der Waals surface area contributed by atoms with Gasteiger partial charge in [-0.1, -0.05) is 27.2 Å². The van der Waals surface area contributed by atoms with Gasteiger partial charge in [-0.3, -0.25) is 0 Å². The number of hydrogen-bond donors (Lipinski definition) is 0. The molecule has 3 atom stereocenters. The molecule has 0 heterocycles. The van der Waals surface area contributed by atoms with Gasteiger partial charge in [0.05, 0.1) is 0 Å². The average molecular weight is 180 g/mol. The Hall–Kier alpha value is 0. The third-order valence-corrected chi connectivity index (χ3v) is 4.40. The van der Waals surface area contributed by atoms with Crippen molar-refractivity contribution in [1.29, 1.82) is 0 Å². The highest BCUT2D eigenvalue weighted by Gasteiger charge is 2.55. The van der Waals surface area contributed by atoms with E-state index in [0.717, 1.165) is 23.2 Å². The summed E-state index contributed by atoms with van der Waals surface area (Å²) >= 11 is 0. The molecule has 0 amide bonds. The fourth-order valence-corrected chi connectivity index (χ4v) is 3.70. The maximum Gasteiger partial charge on any atom is -0.0263 e. The van der Waals surface area contributed by atoms with Crippen LogP contribution >= 0.6 is 0 Å². The summed E-state index contributed by atoms with van der Waals surface area (Å²) in [5.41, 5.74) is 0.869. The molecule has 13 heavy (non-hydrogen) atoms. The van der Waals surface area contributed by atoms with E-state index in [1.165, 1.54) is 19.3 Å². The van der Waals surface area contributed by atoms with Gasteiger partial charge < -0.3 is 0 Å². The van der Waals surface area contributed by atoms with Gasteiger partial charge in [-0.15, -0.1) is 0 Å². The fourth-order valence-electron chi connectivity index (χ4n) is 3.70. The van der Waals surface area contributed by atoms with Crippen molar-refractivity contribution in [1.82, 2.24) is 0 Å². The van der Waals surface area contributed by atoms with Crippen molar-refractivity contribution < 1.29 is 0 Å². The van der Waals surface area contributed by atoms with E-state index in [4.69, 9.17) is 0 Å². The molecule has 1 spiro atoms. The van der Waals surface area contributed by atoms with Gasteiger partial charge in [0.15, 0.2) is 0 Å². The van der Waals surface area contributed by atoms with E-state index in [0.29, 0.717) is 0 Å². The van der Waals surface area contributed by atoms with Crippen LogP contribution in [-0.2, 0) is 0 Å². The molecule has 0 saturated heterocycles. The van der Waals surface area contributed by atoms with Gasteiger partial charge in [0.1, 0.15) is 0 Å². The largest absolute Gasteiger partial charge is 0.0651 e. The van der Waals surface area contributed by atoms with E-state index in [2.05, 4.69) is 20.8 Å². The van der Waals surface area contributed by atoms with E-state index < -0.39 is 0 Å². The normalized spacial score (nSPS) is 43.4. The monoisotopic (exact) mass is 180 g/mol. The Bertz CT molecular complexity index is 182. The fraction of sp³-hybridized carbons (Fsp3) is 1.00. The summed E-state index contributed by atoms with van der Waals surface area (Å²) in [7, 11) is 0. The lowest BCUT2D eigenvalue weighted by molar-refractivity contribution is 0.382. The first kappa shape index (κ1) is 9.55. The van der Waals surface area contributed by atoms with Crippen molar-refractivity contribution in [3.8, 4) is 0 Å². The second kappa shape index (κ2) is 3.29. The standard InChI is InChI=1S/C13H24/c1-4-12-9-13(12)6-5-11(8-13)7-10(2)3/h10-12H,4-9H2,1-3H3. The van der Waals surface area contributed by atoms with Crippen LogP contribution in [-0.4, -0.2) is 0 Å². The first-order valence-corrected chi connectivity index (χ1v) is 6.16. The summed E-state index contributed by atoms with van der Waals surface area (Å²) in [5.74, 6) is 3.11. The van der Waals surface area contributed by atoms with Crippen molar-refractivity contribution in [2.75, 3.05) is 0 Å². The zero-order chi connectivity index (χ0) is 9.47. The maximum atomic E-state index is 2.37. The van der Waals surface area contributed by atoms with Gasteiger partial charge in [-0.25, -0.2) is 0 Å². The Morgan fingerprint density at radius 3 is 2.62 bits per heavy atom. The number of rotatable bonds is 3. The second-order valence-corrected chi connectivity index (χ2v) is 5.91. The Morgan fingerprint density at radius 2 is 2.08 bits per heavy atom. The smallest absolute Gasteiger partial charge is 0.0263 e. The first-order valence-electron chi connectivity index (χ1n) is 6.16. The molecule has 0 aliphatic heterocycles. The first-order chi connectivity index (χ1) is 6.16. The number of hydrogen-bond acceptors (Lipinski definition) is 0. The van der Waals surface area contributed by atoms with Crippen molar-refractivity contribution in [2.45, 2.75) is 59.3 Å². The minimum atomic E-state index is 0.869. The molecule has 0 nitrogen and oxygen atoms in total. The van der Waals surface area contributed by atoms with Crippen LogP contribution in [0.1, 0.15) is 59.3 Å². The highest BCUT2D eigenvalue weighted by atomic mass is 14.6. The summed E-state index contributed by atoms with van der Waals surface area (Å²) in [5, 5.41) is 0. The van der Waals surface area contributed by atoms with Crippen LogP contribution < -0.4 is 0 Å². The van der Waals surface area contributed by atoms with Crippen molar-refractivity contribution in [3.05, 3.63) is 0 Å². The Kier molecular flexibility index (Phi) is 2.42. The quantitative estimate of drug-likeness (QED) is 0.609. The van der Waals surface area contributed by atoms with Crippen LogP contribution in [0, 0.1) is 23.2 Å². The molecule has 2 saturated carbocycles. The molecular formula is C13H24. The van der Waals surface area contributed by atoms with E-state index in [1.807, 2.05) is 0 Å². The predicted octanol–water partition coefficient (Wildman–Crippen LogP) is 4.25. The van der Waals surface area contributed by atoms with Gasteiger partial charge in [0, 0.05) is 0 Å². The van der Waals surface area contributed by atoms with Crippen LogP contribution in [0.2, 0.25) is 0 Å². The lowest BCUT2D eigenvalue weighted by Crippen LogP contribution is -2.02. The molecule has 0 radical (unpaired) electrons. The third-order valence-electron chi connectivity index (χ3n) is 4.40. The molecule has 2 aliphatic carbocycles. The van der Waals surface area contributed by atoms with Gasteiger partial charge in [0.25, 0.3) is 0 Å². The van der Waals surface area contributed by atoms with Crippen LogP contribution in [0.4, 0.5) is 0 Å². The highest BCUT2D eigenvalue weighted by Crippen LogP contribution is 2.65. The summed E-state index contributed by atoms with van der Waals surface area (Å²) < 4.78 is 0. The third kappa shape index (κ3) is 1.78. The summed E-state index contributed by atoms with van der Waals surface area (Å²) in [6, 6.07) is 0. The predicted molar refractivity (Wildman–Crippen MR) is 57.6 cm³/mol. The van der Waals surface area contributed by atoms with Crippen LogP contribution in [0.15, 0.2) is 0 Å². The molecule has 0 aromatic heterocycles. The molecular weight excluding hydrogens is 156 g/mol. The zero-order valence-electron chi connectivity index (χ0n) is 9.47. The Labute approximate surface area is 83.1 Å². The molecule has 0 bridgehead atoms. The minimum Gasteiger partial charge on any atom is -0.0651 e. The van der Waals surface area contributed by atoms with Gasteiger partial charge in [-0.2, -0.15) is 0 Å². The SMILES string of the molecule is CCC1CC12CCC(CC(C)C)C2. The van der Waals surface area contributed by atoms with Gasteiger partial charge in [-0.05, 0) is 55.3 Å². The van der Waals surface area contributed by atoms with Crippen LogP contribution in [0.3, 0.4) is 0 Å². The summed E-state index contributed by atoms with van der Waals surface area (Å²) in [6.45, 7) is 7.11. The van der Waals surface area contributed by atoms with E-state index >= 15 is 0 Å². The molecule has 0 aromatic rings. The van der Waals surface area contributed by atoms with Crippen molar-refractivity contribution in [2.24, 2.45) is 23.2 Å². The molecule has 0 N–H and O–H groups in total. The summed E-state index contributed by atoms with van der Waals surface area (Å²) in [4.78, 5) is 0. The van der Waals surface area contributed by atoms with Crippen LogP contribution in [0.5, 0.6) is 0 Å². The Morgan fingerprint density at radius 1 is 1.31 bits per heavy atom. The second-order valence-electron chi connectivity index (χ2n) is 5.91. The van der Waals surface area contributed by atoms with Crippen molar-refractivity contribution in [3.63, 3.8) is 0 Å². The highest BCUT2D eigenvalue weighted by molar-refractivity contribution is 5.05. The maximum absolute atomic E-state index is 2.37. The van der Waals surface area contributed by atoms with Gasteiger partial charge in [0.2, 0.25) is 0 Å². The summed E-state index contributed by atoms with van der Waals surface area (Å²) in [6.07, 6.45) is 9.16. The van der Waals surface area contributed by atoms with Gasteiger partial charge >= 0.3 is 0 Å². The zero-order valence-corrected chi connectivity index (χ0v) is 9.47. The average Bonchev–Trinajstić information content (AvgIpc) is 2.58.